The number of nitrogens with zero attached hydrogens (tertiary/aromatic N) is 1. The number of hydrogen-bond acceptors (Lipinski definition) is 3. The Labute approximate surface area is 153 Å². The van der Waals surface area contributed by atoms with Gasteiger partial charge in [0.2, 0.25) is 0 Å². The van der Waals surface area contributed by atoms with Gasteiger partial charge in [-0.05, 0) is 60.0 Å². The topological polar surface area (TPSA) is 29.5 Å². The molecule has 5 heteroatoms. The molecule has 3 aromatic rings. The molecule has 3 nitrogen and oxygen atoms in total. The average molecular weight is 402 g/mol. The van der Waals surface area contributed by atoms with Gasteiger partial charge in [-0.3, -0.25) is 4.79 Å². The van der Waals surface area contributed by atoms with Crippen LogP contribution in [0.15, 0.2) is 70.5 Å². The van der Waals surface area contributed by atoms with Gasteiger partial charge in [0.05, 0.1) is 13.7 Å². The first-order valence-electron chi connectivity index (χ1n) is 7.41. The maximum Gasteiger partial charge on any atom is 0.258 e. The molecule has 3 rings (SSSR count). The fraction of sp³-hybridized carbons (Fsp3) is 0.105. The summed E-state index contributed by atoms with van der Waals surface area (Å²) in [7, 11) is 1.63. The molecule has 0 saturated heterocycles. The Hall–Kier alpha value is -2.11. The van der Waals surface area contributed by atoms with Gasteiger partial charge in [-0.2, -0.15) is 0 Å². The Balaban J connectivity index is 1.93. The number of methoxy groups -OCH3 is 1. The SMILES string of the molecule is COc1ccc(N(Cc2cccs2)C(=O)c2ccc(Br)cc2)cc1. The Kier molecular flexibility index (Phi) is 5.33. The molecule has 0 saturated carbocycles. The Bertz CT molecular complexity index is 798. The van der Waals surface area contributed by atoms with Crippen LogP contribution in [0, 0.1) is 0 Å². The Morgan fingerprint density at radius 3 is 2.38 bits per heavy atom. The fourth-order valence-corrected chi connectivity index (χ4v) is 3.31. The van der Waals surface area contributed by atoms with E-state index in [4.69, 9.17) is 4.74 Å². The van der Waals surface area contributed by atoms with E-state index in [2.05, 4.69) is 15.9 Å². The molecule has 0 bridgehead atoms. The fourth-order valence-electron chi connectivity index (χ4n) is 2.35. The van der Waals surface area contributed by atoms with Crippen LogP contribution in [0.1, 0.15) is 15.2 Å². The minimum absolute atomic E-state index is 0.0268. The second-order valence-electron chi connectivity index (χ2n) is 5.18. The highest BCUT2D eigenvalue weighted by molar-refractivity contribution is 9.10. The molecule has 0 atom stereocenters. The van der Waals surface area contributed by atoms with E-state index in [1.165, 1.54) is 0 Å². The molecule has 122 valence electrons. The molecule has 1 amide bonds. The number of halogens is 1. The van der Waals surface area contributed by atoms with Gasteiger partial charge < -0.3 is 9.64 Å². The van der Waals surface area contributed by atoms with Crippen LogP contribution < -0.4 is 9.64 Å². The van der Waals surface area contributed by atoms with Crippen molar-refractivity contribution < 1.29 is 9.53 Å². The molecule has 0 fully saturated rings. The highest BCUT2D eigenvalue weighted by Gasteiger charge is 2.18. The van der Waals surface area contributed by atoms with Gasteiger partial charge in [-0.25, -0.2) is 0 Å². The van der Waals surface area contributed by atoms with Crippen LogP contribution in [0.25, 0.3) is 0 Å². The van der Waals surface area contributed by atoms with Gasteiger partial charge in [0.25, 0.3) is 5.91 Å². The van der Waals surface area contributed by atoms with Crippen LogP contribution in [-0.4, -0.2) is 13.0 Å². The van der Waals surface area contributed by atoms with Crippen molar-refractivity contribution in [2.75, 3.05) is 12.0 Å². The molecule has 0 aliphatic rings. The minimum Gasteiger partial charge on any atom is -0.497 e. The number of benzene rings is 2. The van der Waals surface area contributed by atoms with Crippen molar-refractivity contribution in [2.45, 2.75) is 6.54 Å². The van der Waals surface area contributed by atoms with Gasteiger partial charge in [-0.1, -0.05) is 22.0 Å². The maximum absolute atomic E-state index is 13.0. The molecule has 0 aliphatic heterocycles. The predicted molar refractivity (Wildman–Crippen MR) is 102 cm³/mol. The van der Waals surface area contributed by atoms with E-state index in [9.17, 15) is 4.79 Å². The Morgan fingerprint density at radius 2 is 1.79 bits per heavy atom. The maximum atomic E-state index is 13.0. The molecule has 0 unspecified atom stereocenters. The van der Waals surface area contributed by atoms with Crippen molar-refractivity contribution in [3.63, 3.8) is 0 Å². The van der Waals surface area contributed by atoms with E-state index in [1.807, 2.05) is 66.0 Å². The summed E-state index contributed by atoms with van der Waals surface area (Å²) in [6.07, 6.45) is 0. The van der Waals surface area contributed by atoms with Crippen LogP contribution in [-0.2, 0) is 6.54 Å². The third-order valence-electron chi connectivity index (χ3n) is 3.61. The second kappa shape index (κ2) is 7.64. The van der Waals surface area contributed by atoms with Crippen LogP contribution >= 0.6 is 27.3 Å². The smallest absolute Gasteiger partial charge is 0.258 e. The summed E-state index contributed by atoms with van der Waals surface area (Å²) in [5.41, 5.74) is 1.50. The van der Waals surface area contributed by atoms with Gasteiger partial charge in [-0.15, -0.1) is 11.3 Å². The standard InChI is InChI=1S/C19H16BrNO2S/c1-23-17-10-8-16(9-11-17)21(13-18-3-2-12-24-18)19(22)14-4-6-15(20)7-5-14/h2-12H,13H2,1H3. The van der Waals surface area contributed by atoms with E-state index in [0.29, 0.717) is 12.1 Å². The molecular weight excluding hydrogens is 386 g/mol. The van der Waals surface area contributed by atoms with E-state index in [0.717, 1.165) is 20.8 Å². The number of anilines is 1. The second-order valence-corrected chi connectivity index (χ2v) is 7.12. The monoisotopic (exact) mass is 401 g/mol. The number of ether oxygens (including phenoxy) is 1. The average Bonchev–Trinajstić information content (AvgIpc) is 3.13. The predicted octanol–water partition coefficient (Wildman–Crippen LogP) is 5.37. The van der Waals surface area contributed by atoms with E-state index in [-0.39, 0.29) is 5.91 Å². The minimum atomic E-state index is -0.0268. The molecule has 2 aromatic carbocycles. The third-order valence-corrected chi connectivity index (χ3v) is 5.00. The first-order valence-corrected chi connectivity index (χ1v) is 9.08. The van der Waals surface area contributed by atoms with Crippen LogP contribution in [0.3, 0.4) is 0 Å². The van der Waals surface area contributed by atoms with Gasteiger partial charge in [0.1, 0.15) is 5.75 Å². The number of carbonyl (C=O) groups excluding carboxylic acids is 1. The lowest BCUT2D eigenvalue weighted by Gasteiger charge is -2.23. The molecule has 0 aliphatic carbocycles. The largest absolute Gasteiger partial charge is 0.497 e. The summed E-state index contributed by atoms with van der Waals surface area (Å²) in [4.78, 5) is 15.9. The van der Waals surface area contributed by atoms with Crippen molar-refractivity contribution in [3.05, 3.63) is 81.0 Å². The summed E-state index contributed by atoms with van der Waals surface area (Å²) >= 11 is 5.05. The van der Waals surface area contributed by atoms with Crippen LogP contribution in [0.4, 0.5) is 5.69 Å². The quantitative estimate of drug-likeness (QED) is 0.575. The lowest BCUT2D eigenvalue weighted by molar-refractivity contribution is 0.0985. The zero-order valence-electron chi connectivity index (χ0n) is 13.1. The molecular formula is C19H16BrNO2S. The highest BCUT2D eigenvalue weighted by atomic mass is 79.9. The number of rotatable bonds is 5. The normalized spacial score (nSPS) is 10.4. The highest BCUT2D eigenvalue weighted by Crippen LogP contribution is 2.25. The zero-order chi connectivity index (χ0) is 16.9. The molecule has 0 spiro atoms. The van der Waals surface area contributed by atoms with Crippen molar-refractivity contribution in [3.8, 4) is 5.75 Å². The molecule has 0 radical (unpaired) electrons. The van der Waals surface area contributed by atoms with Crippen LogP contribution in [0.5, 0.6) is 5.75 Å². The van der Waals surface area contributed by atoms with Crippen molar-refractivity contribution in [1.29, 1.82) is 0 Å². The summed E-state index contributed by atoms with van der Waals surface area (Å²) < 4.78 is 6.16. The van der Waals surface area contributed by atoms with Gasteiger partial charge in [0.15, 0.2) is 0 Å². The van der Waals surface area contributed by atoms with E-state index >= 15 is 0 Å². The first-order chi connectivity index (χ1) is 11.7. The number of carbonyl (C=O) groups is 1. The summed E-state index contributed by atoms with van der Waals surface area (Å²) in [6, 6.07) is 19.0. The summed E-state index contributed by atoms with van der Waals surface area (Å²) in [5.74, 6) is 0.743. The lowest BCUT2D eigenvalue weighted by Crippen LogP contribution is -2.30. The summed E-state index contributed by atoms with van der Waals surface area (Å²) in [5, 5.41) is 2.02. The zero-order valence-corrected chi connectivity index (χ0v) is 15.5. The van der Waals surface area contributed by atoms with Gasteiger partial charge in [0, 0.05) is 20.6 Å². The first kappa shape index (κ1) is 16.7. The molecule has 0 N–H and O–H groups in total. The molecule has 24 heavy (non-hydrogen) atoms. The molecule has 1 heterocycles. The third kappa shape index (κ3) is 3.86. The van der Waals surface area contributed by atoms with Crippen molar-refractivity contribution in [1.82, 2.24) is 0 Å². The van der Waals surface area contributed by atoms with Crippen LogP contribution in [0.2, 0.25) is 0 Å². The lowest BCUT2D eigenvalue weighted by atomic mass is 10.1. The molecule has 1 aromatic heterocycles. The van der Waals surface area contributed by atoms with Gasteiger partial charge >= 0.3 is 0 Å². The van der Waals surface area contributed by atoms with E-state index < -0.39 is 0 Å². The number of thiophene rings is 1. The number of amides is 1. The van der Waals surface area contributed by atoms with Crippen molar-refractivity contribution in [2.24, 2.45) is 0 Å². The Morgan fingerprint density at radius 1 is 1.08 bits per heavy atom. The number of hydrogen-bond donors (Lipinski definition) is 0. The summed E-state index contributed by atoms with van der Waals surface area (Å²) in [6.45, 7) is 0.541. The van der Waals surface area contributed by atoms with Crippen molar-refractivity contribution >= 4 is 38.9 Å². The van der Waals surface area contributed by atoms with E-state index in [1.54, 1.807) is 23.3 Å².